The van der Waals surface area contributed by atoms with Gasteiger partial charge in [-0.2, -0.15) is 0 Å². The summed E-state index contributed by atoms with van der Waals surface area (Å²) in [5.41, 5.74) is 2.96. The second kappa shape index (κ2) is 6.78. The highest BCUT2D eigenvalue weighted by Gasteiger charge is 2.31. The second-order valence-corrected chi connectivity index (χ2v) is 6.96. The number of amides is 1. The third-order valence-electron chi connectivity index (χ3n) is 4.27. The van der Waals surface area contributed by atoms with Gasteiger partial charge in [0.25, 0.3) is 5.91 Å². The normalized spacial score (nSPS) is 22.5. The molecule has 0 spiro atoms. The van der Waals surface area contributed by atoms with Gasteiger partial charge in [0.2, 0.25) is 0 Å². The quantitative estimate of drug-likeness (QED) is 0.857. The van der Waals surface area contributed by atoms with Crippen LogP contribution in [-0.4, -0.2) is 41.1 Å². The van der Waals surface area contributed by atoms with Gasteiger partial charge < -0.3 is 9.64 Å². The van der Waals surface area contributed by atoms with Gasteiger partial charge >= 0.3 is 0 Å². The summed E-state index contributed by atoms with van der Waals surface area (Å²) in [4.78, 5) is 19.4. The molecule has 1 amide bonds. The Balaban J connectivity index is 2.35. The number of rotatable bonds is 3. The van der Waals surface area contributed by atoms with Gasteiger partial charge in [0.15, 0.2) is 0 Å². The van der Waals surface area contributed by atoms with Crippen LogP contribution in [0.1, 0.15) is 75.0 Å². The molecule has 1 fully saturated rings. The zero-order valence-corrected chi connectivity index (χ0v) is 14.6. The average Bonchev–Trinajstić information content (AvgIpc) is 2.46. The zero-order chi connectivity index (χ0) is 16.4. The lowest BCUT2D eigenvalue weighted by atomic mass is 9.94. The first-order valence-corrected chi connectivity index (χ1v) is 8.23. The highest BCUT2D eigenvalue weighted by atomic mass is 16.5. The van der Waals surface area contributed by atoms with E-state index < -0.39 is 0 Å². The van der Waals surface area contributed by atoms with Crippen LogP contribution in [0.25, 0.3) is 0 Å². The molecule has 0 N–H and O–H groups in total. The first kappa shape index (κ1) is 16.9. The van der Waals surface area contributed by atoms with Gasteiger partial charge in [0.1, 0.15) is 0 Å². The van der Waals surface area contributed by atoms with Crippen molar-refractivity contribution in [2.45, 2.75) is 65.5 Å². The molecule has 2 heterocycles. The minimum Gasteiger partial charge on any atom is -0.377 e. The summed E-state index contributed by atoms with van der Waals surface area (Å²) in [5, 5.41) is 0. The zero-order valence-electron chi connectivity index (χ0n) is 14.6. The number of nitrogens with zero attached hydrogens (tertiary/aromatic N) is 2. The molecule has 4 heteroatoms. The Labute approximate surface area is 133 Å². The number of ether oxygens (including phenoxy) is 1. The fraction of sp³-hybridized carbons (Fsp3) is 0.667. The van der Waals surface area contributed by atoms with Crippen molar-refractivity contribution >= 4 is 5.91 Å². The third-order valence-corrected chi connectivity index (χ3v) is 4.27. The summed E-state index contributed by atoms with van der Waals surface area (Å²) in [7, 11) is 0. The van der Waals surface area contributed by atoms with E-state index in [4.69, 9.17) is 4.74 Å². The van der Waals surface area contributed by atoms with Crippen molar-refractivity contribution in [2.24, 2.45) is 0 Å². The number of morpholine rings is 1. The lowest BCUT2D eigenvalue weighted by Crippen LogP contribution is -2.52. The van der Waals surface area contributed by atoms with E-state index in [9.17, 15) is 4.79 Å². The molecule has 1 aliphatic rings. The molecule has 2 rings (SSSR count). The topological polar surface area (TPSA) is 42.4 Å². The predicted molar refractivity (Wildman–Crippen MR) is 88.3 cm³/mol. The minimum absolute atomic E-state index is 0.0630. The van der Waals surface area contributed by atoms with Crippen LogP contribution in [0.2, 0.25) is 0 Å². The molecule has 122 valence electrons. The molecule has 0 aliphatic carbocycles. The summed E-state index contributed by atoms with van der Waals surface area (Å²) in [6.07, 6.45) is 1.73. The monoisotopic (exact) mass is 304 g/mol. The lowest BCUT2D eigenvalue weighted by molar-refractivity contribution is -0.0249. The van der Waals surface area contributed by atoms with Crippen molar-refractivity contribution in [3.05, 3.63) is 29.1 Å². The van der Waals surface area contributed by atoms with E-state index in [0.29, 0.717) is 30.6 Å². The Morgan fingerprint density at radius 1 is 1.18 bits per heavy atom. The van der Waals surface area contributed by atoms with Gasteiger partial charge in [-0.3, -0.25) is 9.78 Å². The molecule has 1 aromatic heterocycles. The van der Waals surface area contributed by atoms with Crippen LogP contribution >= 0.6 is 0 Å². The van der Waals surface area contributed by atoms with E-state index in [1.54, 1.807) is 6.20 Å². The molecule has 2 unspecified atom stereocenters. The van der Waals surface area contributed by atoms with E-state index in [1.165, 1.54) is 5.56 Å². The first-order valence-electron chi connectivity index (χ1n) is 8.23. The van der Waals surface area contributed by atoms with Gasteiger partial charge in [-0.1, -0.05) is 27.7 Å². The number of pyridine rings is 1. The standard InChI is InChI=1S/C18H28N2O2/c1-11(2)16-7-15(8-19-17(16)12(3)4)18(21)20-13(5)9-22-10-14(20)6/h7-8,11-14H,9-10H2,1-6H3. The third kappa shape index (κ3) is 3.32. The summed E-state index contributed by atoms with van der Waals surface area (Å²) in [6.45, 7) is 13.9. The van der Waals surface area contributed by atoms with Crippen molar-refractivity contribution in [3.8, 4) is 0 Å². The van der Waals surface area contributed by atoms with Gasteiger partial charge in [-0.15, -0.1) is 0 Å². The fourth-order valence-electron chi connectivity index (χ4n) is 3.11. The highest BCUT2D eigenvalue weighted by Crippen LogP contribution is 2.26. The van der Waals surface area contributed by atoms with Crippen molar-refractivity contribution < 1.29 is 9.53 Å². The van der Waals surface area contributed by atoms with Crippen LogP contribution in [0.4, 0.5) is 0 Å². The summed E-state index contributed by atoms with van der Waals surface area (Å²) in [6, 6.07) is 2.23. The first-order chi connectivity index (χ1) is 10.3. The number of carbonyl (C=O) groups is 1. The van der Waals surface area contributed by atoms with Gasteiger partial charge in [0, 0.05) is 11.9 Å². The maximum atomic E-state index is 12.9. The van der Waals surface area contributed by atoms with Crippen LogP contribution in [0.15, 0.2) is 12.3 Å². The van der Waals surface area contributed by atoms with Gasteiger partial charge in [-0.25, -0.2) is 0 Å². The Morgan fingerprint density at radius 2 is 1.77 bits per heavy atom. The molecule has 2 atom stereocenters. The Kier molecular flexibility index (Phi) is 5.22. The molecule has 1 saturated heterocycles. The maximum absolute atomic E-state index is 12.9. The van der Waals surface area contributed by atoms with E-state index in [-0.39, 0.29) is 18.0 Å². The number of carbonyl (C=O) groups excluding carboxylic acids is 1. The molecule has 1 aliphatic heterocycles. The number of aromatic nitrogens is 1. The average molecular weight is 304 g/mol. The molecule has 4 nitrogen and oxygen atoms in total. The summed E-state index contributed by atoms with van der Waals surface area (Å²) < 4.78 is 5.51. The van der Waals surface area contributed by atoms with Gasteiger partial charge in [-0.05, 0) is 37.3 Å². The van der Waals surface area contributed by atoms with Crippen molar-refractivity contribution in [3.63, 3.8) is 0 Å². The lowest BCUT2D eigenvalue weighted by Gasteiger charge is -2.38. The van der Waals surface area contributed by atoms with Crippen LogP contribution in [0.5, 0.6) is 0 Å². The minimum atomic E-state index is 0.0630. The molecule has 0 saturated carbocycles. The maximum Gasteiger partial charge on any atom is 0.256 e. The van der Waals surface area contributed by atoms with E-state index in [1.807, 2.05) is 24.8 Å². The smallest absolute Gasteiger partial charge is 0.256 e. The molecule has 0 bridgehead atoms. The summed E-state index contributed by atoms with van der Waals surface area (Å²) in [5.74, 6) is 0.785. The molecular weight excluding hydrogens is 276 g/mol. The van der Waals surface area contributed by atoms with Gasteiger partial charge in [0.05, 0.1) is 30.9 Å². The molecule has 0 radical (unpaired) electrons. The second-order valence-electron chi connectivity index (χ2n) is 6.96. The number of hydrogen-bond acceptors (Lipinski definition) is 3. The van der Waals surface area contributed by atoms with Crippen LogP contribution in [0.3, 0.4) is 0 Å². The van der Waals surface area contributed by atoms with E-state index in [0.717, 1.165) is 5.69 Å². The highest BCUT2D eigenvalue weighted by molar-refractivity contribution is 5.94. The Morgan fingerprint density at radius 3 is 2.27 bits per heavy atom. The largest absolute Gasteiger partial charge is 0.377 e. The molecular formula is C18H28N2O2. The van der Waals surface area contributed by atoms with Crippen molar-refractivity contribution in [1.29, 1.82) is 0 Å². The van der Waals surface area contributed by atoms with E-state index >= 15 is 0 Å². The fourth-order valence-corrected chi connectivity index (χ4v) is 3.11. The molecule has 22 heavy (non-hydrogen) atoms. The SMILES string of the molecule is CC(C)c1cc(C(=O)N2C(C)COCC2C)cnc1C(C)C. The van der Waals surface area contributed by atoms with E-state index in [2.05, 4.69) is 32.7 Å². The van der Waals surface area contributed by atoms with Crippen LogP contribution in [0, 0.1) is 0 Å². The van der Waals surface area contributed by atoms with Crippen LogP contribution < -0.4 is 0 Å². The predicted octanol–water partition coefficient (Wildman–Crippen LogP) is 3.58. The van der Waals surface area contributed by atoms with Crippen LogP contribution in [-0.2, 0) is 4.74 Å². The number of hydrogen-bond donors (Lipinski definition) is 0. The van der Waals surface area contributed by atoms with Crippen molar-refractivity contribution in [1.82, 2.24) is 9.88 Å². The summed E-state index contributed by atoms with van der Waals surface area (Å²) >= 11 is 0. The van der Waals surface area contributed by atoms with Crippen molar-refractivity contribution in [2.75, 3.05) is 13.2 Å². The Bertz CT molecular complexity index is 530. The molecule has 1 aromatic rings. The Hall–Kier alpha value is -1.42. The molecule has 0 aromatic carbocycles.